The van der Waals surface area contributed by atoms with Crippen LogP contribution in [0.25, 0.3) is 0 Å². The molecule has 7 nitrogen and oxygen atoms in total. The Morgan fingerprint density at radius 1 is 0.947 bits per heavy atom. The largest absolute Gasteiger partial charge is 0.482 e. The summed E-state index contributed by atoms with van der Waals surface area (Å²) in [5.74, 6) is -1.34. The van der Waals surface area contributed by atoms with E-state index in [2.05, 4.69) is 20.8 Å². The van der Waals surface area contributed by atoms with Crippen LogP contribution in [0.15, 0.2) is 68.9 Å². The molecule has 3 aromatic rings. The predicted molar refractivity (Wildman–Crippen MR) is 139 cm³/mol. The fraction of sp³-hybridized carbons (Fsp3) is 0.393. The molecule has 4 rings (SSSR count). The van der Waals surface area contributed by atoms with Gasteiger partial charge in [0.15, 0.2) is 0 Å². The molecule has 0 N–H and O–H groups in total. The van der Waals surface area contributed by atoms with Crippen molar-refractivity contribution in [2.24, 2.45) is 0 Å². The molecule has 1 fully saturated rings. The normalized spacial score (nSPS) is 15.8. The number of hydrogen-bond acceptors (Lipinski definition) is 6. The maximum absolute atomic E-state index is 13.6. The molecule has 0 unspecified atom stereocenters. The highest BCUT2D eigenvalue weighted by Gasteiger charge is 2.28. The van der Waals surface area contributed by atoms with Gasteiger partial charge in [0, 0.05) is 31.8 Å². The fourth-order valence-corrected chi connectivity index (χ4v) is 5.79. The van der Waals surface area contributed by atoms with Crippen LogP contribution >= 0.6 is 0 Å². The van der Waals surface area contributed by atoms with E-state index >= 15 is 0 Å². The molecule has 2 aromatic carbocycles. The molecule has 10 heteroatoms. The Labute approximate surface area is 221 Å². The third-order valence-corrected chi connectivity index (χ3v) is 8.34. The summed E-state index contributed by atoms with van der Waals surface area (Å²) in [5, 5.41) is 0. The Bertz CT molecular complexity index is 1410. The van der Waals surface area contributed by atoms with E-state index in [0.29, 0.717) is 37.9 Å². The number of benzene rings is 2. The van der Waals surface area contributed by atoms with Gasteiger partial charge in [-0.2, -0.15) is 4.31 Å². The van der Waals surface area contributed by atoms with Crippen LogP contribution in [-0.4, -0.2) is 43.8 Å². The van der Waals surface area contributed by atoms with Crippen LogP contribution in [0.2, 0.25) is 0 Å². The zero-order valence-electron chi connectivity index (χ0n) is 21.7. The van der Waals surface area contributed by atoms with Gasteiger partial charge in [-0.1, -0.05) is 45.0 Å². The lowest BCUT2D eigenvalue weighted by molar-refractivity contribution is 0.245. The van der Waals surface area contributed by atoms with Crippen molar-refractivity contribution in [3.8, 4) is 5.75 Å². The highest BCUT2D eigenvalue weighted by Crippen LogP contribution is 2.23. The van der Waals surface area contributed by atoms with E-state index in [0.717, 1.165) is 17.7 Å². The molecule has 38 heavy (non-hydrogen) atoms. The number of halogens is 2. The first-order valence-corrected chi connectivity index (χ1v) is 13.9. The molecule has 1 aliphatic rings. The van der Waals surface area contributed by atoms with E-state index in [1.165, 1.54) is 22.2 Å². The van der Waals surface area contributed by atoms with E-state index in [1.807, 2.05) is 29.2 Å². The molecule has 2 heterocycles. The van der Waals surface area contributed by atoms with Gasteiger partial charge in [-0.25, -0.2) is 17.2 Å². The summed E-state index contributed by atoms with van der Waals surface area (Å²) < 4.78 is 65.5. The lowest BCUT2D eigenvalue weighted by Crippen LogP contribution is -2.35. The average Bonchev–Trinajstić information content (AvgIpc) is 3.09. The van der Waals surface area contributed by atoms with Gasteiger partial charge in [0.1, 0.15) is 30.3 Å². The molecule has 1 saturated heterocycles. The van der Waals surface area contributed by atoms with Crippen molar-refractivity contribution in [1.82, 2.24) is 9.21 Å². The van der Waals surface area contributed by atoms with Crippen molar-refractivity contribution in [2.75, 3.05) is 26.2 Å². The Morgan fingerprint density at radius 3 is 2.26 bits per heavy atom. The number of sulfonamides is 1. The predicted octanol–water partition coefficient (Wildman–Crippen LogP) is 4.69. The topological polar surface area (TPSA) is 80.1 Å². The lowest BCUT2D eigenvalue weighted by Gasteiger charge is -2.21. The van der Waals surface area contributed by atoms with Crippen molar-refractivity contribution >= 4 is 10.0 Å². The number of nitrogens with zero attached hydrogens (tertiary/aromatic N) is 2. The standard InChI is InChI=1S/C28H32F2N2O5S/c1-28(2,3)21-7-5-20(6-8-21)18-37-27-19-36-24(16-26(27)33)17-31-9-4-10-32(12-11-31)38(34,35)25-14-22(29)13-23(30)15-25/h5-8,13-16,19H,4,9-12,17-18H2,1-3H3. The van der Waals surface area contributed by atoms with Crippen LogP contribution in [0.5, 0.6) is 5.75 Å². The van der Waals surface area contributed by atoms with Gasteiger partial charge in [-0.3, -0.25) is 9.69 Å². The summed E-state index contributed by atoms with van der Waals surface area (Å²) in [6.45, 7) is 8.26. The van der Waals surface area contributed by atoms with Gasteiger partial charge in [0.2, 0.25) is 21.2 Å². The second-order valence-electron chi connectivity index (χ2n) is 10.4. The smallest absolute Gasteiger partial charge is 0.243 e. The molecule has 1 aromatic heterocycles. The molecule has 1 aliphatic heterocycles. The highest BCUT2D eigenvalue weighted by molar-refractivity contribution is 7.89. The first kappa shape index (κ1) is 27.9. The molecular weight excluding hydrogens is 514 g/mol. The molecule has 0 atom stereocenters. The third kappa shape index (κ3) is 6.86. The molecule has 0 aliphatic carbocycles. The molecule has 0 saturated carbocycles. The molecule has 0 spiro atoms. The van der Waals surface area contributed by atoms with Crippen LogP contribution in [0.3, 0.4) is 0 Å². The molecular formula is C28H32F2N2O5S. The van der Waals surface area contributed by atoms with E-state index in [4.69, 9.17) is 9.15 Å². The van der Waals surface area contributed by atoms with Gasteiger partial charge in [-0.15, -0.1) is 0 Å². The van der Waals surface area contributed by atoms with Crippen molar-refractivity contribution < 1.29 is 26.4 Å². The first-order valence-electron chi connectivity index (χ1n) is 12.4. The van der Waals surface area contributed by atoms with Crippen molar-refractivity contribution in [1.29, 1.82) is 0 Å². The van der Waals surface area contributed by atoms with Gasteiger partial charge in [0.05, 0.1) is 11.4 Å². The van der Waals surface area contributed by atoms with Crippen LogP contribution in [0, 0.1) is 11.6 Å². The van der Waals surface area contributed by atoms with Gasteiger partial charge >= 0.3 is 0 Å². The minimum Gasteiger partial charge on any atom is -0.482 e. The van der Waals surface area contributed by atoms with Crippen molar-refractivity contribution in [3.05, 3.63) is 93.5 Å². The number of rotatable bonds is 7. The maximum Gasteiger partial charge on any atom is 0.243 e. The Morgan fingerprint density at radius 2 is 1.63 bits per heavy atom. The quantitative estimate of drug-likeness (QED) is 0.428. The summed E-state index contributed by atoms with van der Waals surface area (Å²) >= 11 is 0. The molecule has 0 radical (unpaired) electrons. The Hall–Kier alpha value is -3.08. The summed E-state index contributed by atoms with van der Waals surface area (Å²) in [6.07, 6.45) is 1.81. The lowest BCUT2D eigenvalue weighted by atomic mass is 9.87. The minimum atomic E-state index is -4.04. The first-order chi connectivity index (χ1) is 17.9. The van der Waals surface area contributed by atoms with Crippen LogP contribution in [0.4, 0.5) is 8.78 Å². The zero-order chi connectivity index (χ0) is 27.5. The Kier molecular flexibility index (Phi) is 8.34. The van der Waals surface area contributed by atoms with Gasteiger partial charge < -0.3 is 9.15 Å². The van der Waals surface area contributed by atoms with Crippen LogP contribution in [-0.2, 0) is 28.6 Å². The fourth-order valence-electron chi connectivity index (χ4n) is 4.28. The summed E-state index contributed by atoms with van der Waals surface area (Å²) in [7, 11) is -4.04. The highest BCUT2D eigenvalue weighted by atomic mass is 32.2. The molecule has 204 valence electrons. The van der Waals surface area contributed by atoms with Crippen molar-refractivity contribution in [2.45, 2.75) is 50.7 Å². The van der Waals surface area contributed by atoms with Gasteiger partial charge in [-0.05, 0) is 41.6 Å². The third-order valence-electron chi connectivity index (χ3n) is 6.47. The van der Waals surface area contributed by atoms with Gasteiger partial charge in [0.25, 0.3) is 0 Å². The van der Waals surface area contributed by atoms with Crippen LogP contribution < -0.4 is 10.2 Å². The Balaban J connectivity index is 1.35. The maximum atomic E-state index is 13.6. The average molecular weight is 547 g/mol. The monoisotopic (exact) mass is 546 g/mol. The molecule has 0 amide bonds. The molecule has 0 bridgehead atoms. The number of hydrogen-bond donors (Lipinski definition) is 0. The van der Waals surface area contributed by atoms with E-state index < -0.39 is 26.6 Å². The second kappa shape index (κ2) is 11.3. The van der Waals surface area contributed by atoms with E-state index in [9.17, 15) is 22.0 Å². The van der Waals surface area contributed by atoms with E-state index in [1.54, 1.807) is 0 Å². The summed E-state index contributed by atoms with van der Waals surface area (Å²) in [5.41, 5.74) is 1.90. The number of ether oxygens (including phenoxy) is 1. The minimum absolute atomic E-state index is 0.0525. The van der Waals surface area contributed by atoms with Crippen LogP contribution in [0.1, 0.15) is 44.1 Å². The van der Waals surface area contributed by atoms with Crippen molar-refractivity contribution in [3.63, 3.8) is 0 Å². The van der Waals surface area contributed by atoms with E-state index in [-0.39, 0.29) is 36.3 Å². The summed E-state index contributed by atoms with van der Waals surface area (Å²) in [4.78, 5) is 14.2. The second-order valence-corrected chi connectivity index (χ2v) is 12.4. The zero-order valence-corrected chi connectivity index (χ0v) is 22.6. The summed E-state index contributed by atoms with van der Waals surface area (Å²) in [6, 6.07) is 11.7. The SMILES string of the molecule is CC(C)(C)c1ccc(COc2coc(CN3CCCN(S(=O)(=O)c4cc(F)cc(F)c4)CC3)cc2=O)cc1.